The summed E-state index contributed by atoms with van der Waals surface area (Å²) in [6.45, 7) is 55.1. The number of hydrogen-bond acceptors (Lipinski definition) is 11. The zero-order valence-corrected chi connectivity index (χ0v) is 87.6. The van der Waals surface area contributed by atoms with Crippen LogP contribution in [0.4, 0.5) is 0 Å². The number of nitrogens with zero attached hydrogens (tertiary/aromatic N) is 8. The minimum Gasteiger partial charge on any atom is -0.509 e. The van der Waals surface area contributed by atoms with Gasteiger partial charge >= 0.3 is 36.7 Å². The summed E-state index contributed by atoms with van der Waals surface area (Å²) in [7, 11) is -4.65. The van der Waals surface area contributed by atoms with Gasteiger partial charge in [-0.3, -0.25) is 0 Å². The molecule has 627 valence electrons. The molecule has 3 atom stereocenters. The molecule has 13 rings (SSSR count). The molecular formula is C90H126BClN8Na2O7P4PdSi4-. The van der Waals surface area contributed by atoms with Gasteiger partial charge in [0.25, 0.3) is 0 Å². The SMILES string of the molecule is C.CC(C)[Si](C(C)C)(C(C)C)n1cc(-c2ncnc3c2ccn3COCC[Si](C)(C)C)c2ccccc21.CC(C)[Si](C(C)C)(C(C)C)n1cc(B2OC(C)(C)C(C)(C)O2)c2ccccc21.C[Si](C)(C)CCOCn1ccc2c(Cl)ncnc21.O=[C-]OO.[Na+].[Na].[Pd].c1ccc([P-]P(c2ccccc2)P(Pc2ccccc2)c2ccccc2)cc1. The summed E-state index contributed by atoms with van der Waals surface area (Å²) >= 11 is 5.99. The van der Waals surface area contributed by atoms with E-state index in [0.717, 1.165) is 55.7 Å². The van der Waals surface area contributed by atoms with Crippen LogP contribution in [0.1, 0.15) is 118 Å². The maximum absolute atomic E-state index is 8.58. The molecule has 1 saturated heterocycles. The van der Waals surface area contributed by atoms with Crippen LogP contribution in [0.3, 0.4) is 0 Å². The van der Waals surface area contributed by atoms with E-state index in [4.69, 9.17) is 45.4 Å². The van der Waals surface area contributed by atoms with E-state index in [1.54, 1.807) is 6.33 Å². The maximum Gasteiger partial charge on any atom is 1.00 e. The first-order valence-corrected chi connectivity index (χ1v) is 59.0. The topological polar surface area (TPSA) is 155 Å². The summed E-state index contributed by atoms with van der Waals surface area (Å²) in [5.74, 6) is 0. The van der Waals surface area contributed by atoms with Crippen molar-refractivity contribution in [2.24, 2.45) is 0 Å². The number of hydrogen-bond donors (Lipinski definition) is 1. The Labute approximate surface area is 778 Å². The molecule has 0 bridgehead atoms. The number of ether oxygens (including phenoxy) is 2. The van der Waals surface area contributed by atoms with Gasteiger partial charge in [-0.25, -0.2) is 25.2 Å². The first-order valence-electron chi connectivity index (χ1n) is 40.1. The van der Waals surface area contributed by atoms with Gasteiger partial charge in [0.15, 0.2) is 16.5 Å². The van der Waals surface area contributed by atoms with Crippen molar-refractivity contribution in [3.63, 3.8) is 0 Å². The van der Waals surface area contributed by atoms with E-state index in [1.165, 1.54) is 80.7 Å². The predicted octanol–water partition coefficient (Wildman–Crippen LogP) is 21.2. The summed E-state index contributed by atoms with van der Waals surface area (Å²) in [5, 5.41) is 17.8. The largest absolute Gasteiger partial charge is 1.00 e. The fourth-order valence-electron chi connectivity index (χ4n) is 16.3. The van der Waals surface area contributed by atoms with Gasteiger partial charge in [0, 0.05) is 131 Å². The number of rotatable bonds is 28. The average Bonchev–Trinajstić information content (AvgIpc) is 1.57. The fourth-order valence-corrected chi connectivity index (χ4v) is 48.7. The maximum atomic E-state index is 8.58. The number of fused-ring (bicyclic) bond motifs is 4. The van der Waals surface area contributed by atoms with Gasteiger partial charge in [0.1, 0.15) is 42.6 Å². The van der Waals surface area contributed by atoms with E-state index in [9.17, 15) is 0 Å². The van der Waals surface area contributed by atoms with Gasteiger partial charge in [-0.2, -0.15) is 12.6 Å². The summed E-state index contributed by atoms with van der Waals surface area (Å²) in [6, 6.07) is 68.4. The Morgan fingerprint density at radius 1 is 0.534 bits per heavy atom. The number of halogens is 1. The standard InChI is InChI=1S/C29H44N4OSi2.C24H21P4.C23H38BNO2Si.C12H18ClN3OSi.CHO3.CH4.2Na.Pd/c1-21(2)36(22(3)4,23(5)6)33-18-26(24-12-10-11-13-27(24)33)28-25-14-15-32(29(25)31-19-30-28)20-34-16-17-35(7,8)9;1-5-13-21(14-6-1)25-27(23-17-9-3-10-18-23)28(24-19-11-4-12-20-24)26-22-15-7-2-8-16-22;1-16(2)28(17(3)4,18(5)6)25-15-20(19-13-11-12-14-21(19)25)24-26-22(7,8)23(9,10)27-24;1-18(2,3)7-6-17-9-16-5-4-10-11(13)14-8-15-12(10)16;2-1-4-3;;;;/h10-15,18-19,21-23H,16-17,20H2,1-9H3;1-20,25H;11-18H,1-10H3;4-5,8H,6-7,9H2,1-3H3;3H;1H4;;;/q;-1;;;-1;;;+1;. The average molecular weight is 1870 g/mol. The molecule has 0 saturated carbocycles. The van der Waals surface area contributed by atoms with Gasteiger partial charge in [0.2, 0.25) is 0 Å². The quantitative estimate of drug-likeness (QED) is 0.00947. The third-order valence-electron chi connectivity index (χ3n) is 22.3. The number of para-hydroxylation sites is 2. The van der Waals surface area contributed by atoms with E-state index >= 15 is 0 Å². The first-order chi connectivity index (χ1) is 54.1. The smallest absolute Gasteiger partial charge is 0.509 e. The molecule has 6 aromatic heterocycles. The third-order valence-corrected chi connectivity index (χ3v) is 56.3. The molecular weight excluding hydrogens is 1740 g/mol. The van der Waals surface area contributed by atoms with E-state index in [0.29, 0.717) is 51.9 Å². The minimum atomic E-state index is -1.93. The minimum absolute atomic E-state index is 0. The summed E-state index contributed by atoms with van der Waals surface area (Å²) in [5.41, 5.74) is 10.9. The molecule has 6 aromatic carbocycles. The molecule has 12 aromatic rings. The molecule has 1 fully saturated rings. The van der Waals surface area contributed by atoms with Crippen molar-refractivity contribution in [1.29, 1.82) is 0 Å². The Kier molecular flexibility index (Phi) is 42.5. The van der Waals surface area contributed by atoms with E-state index in [2.05, 4.69) is 377 Å². The van der Waals surface area contributed by atoms with Crippen LogP contribution in [0.25, 0.3) is 55.1 Å². The normalized spacial score (nSPS) is 14.0. The fraction of sp³-hybridized carbons (Fsp3) is 0.411. The Morgan fingerprint density at radius 3 is 1.38 bits per heavy atom. The number of benzene rings is 6. The van der Waals surface area contributed by atoms with Gasteiger partial charge in [-0.1, -0.05) is 307 Å². The van der Waals surface area contributed by atoms with Crippen LogP contribution in [-0.4, -0.2) is 143 Å². The number of aromatic nitrogens is 8. The molecule has 0 amide bonds. The predicted molar refractivity (Wildman–Crippen MR) is 515 cm³/mol. The van der Waals surface area contributed by atoms with Gasteiger partial charge in [-0.05, 0) is 139 Å². The van der Waals surface area contributed by atoms with Crippen molar-refractivity contribution < 1.29 is 83.7 Å². The molecule has 28 heteroatoms. The van der Waals surface area contributed by atoms with Crippen LogP contribution in [0.5, 0.6) is 0 Å². The van der Waals surface area contributed by atoms with Crippen molar-refractivity contribution >= 4 is 189 Å². The van der Waals surface area contributed by atoms with Gasteiger partial charge in [0.05, 0.1) is 22.3 Å². The van der Waals surface area contributed by atoms with Crippen molar-refractivity contribution in [2.45, 2.75) is 227 Å². The van der Waals surface area contributed by atoms with Crippen molar-refractivity contribution in [3.05, 3.63) is 225 Å². The number of carbonyl (C=O) groups excluding carboxylic acids is 1. The molecule has 1 aliphatic rings. The molecule has 0 spiro atoms. The van der Waals surface area contributed by atoms with E-state index < -0.39 is 32.6 Å². The van der Waals surface area contributed by atoms with Crippen LogP contribution in [0, 0.1) is 0 Å². The second-order valence-electron chi connectivity index (χ2n) is 34.7. The molecule has 0 aliphatic carbocycles. The molecule has 118 heavy (non-hydrogen) atoms. The van der Waals surface area contributed by atoms with Crippen molar-refractivity contribution in [3.8, 4) is 11.3 Å². The molecule has 1 radical (unpaired) electrons. The van der Waals surface area contributed by atoms with Gasteiger partial charge in [-0.15, -0.1) is 0 Å². The van der Waals surface area contributed by atoms with Crippen molar-refractivity contribution in [1.82, 2.24) is 37.5 Å². The third kappa shape index (κ3) is 25.9. The molecule has 3 unspecified atom stereocenters. The van der Waals surface area contributed by atoms with Crippen LogP contribution in [0.15, 0.2) is 219 Å². The molecule has 7 heterocycles. The summed E-state index contributed by atoms with van der Waals surface area (Å²) in [6.07, 6.45) is 12.0. The second kappa shape index (κ2) is 47.7. The van der Waals surface area contributed by atoms with Gasteiger partial charge < -0.3 is 54.3 Å². The zero-order chi connectivity index (χ0) is 82.9. The van der Waals surface area contributed by atoms with Crippen LogP contribution < -0.4 is 56.2 Å². The summed E-state index contributed by atoms with van der Waals surface area (Å²) < 4.78 is 34.1. The molecule has 1 N–H and O–H groups in total. The monoisotopic (exact) mass is 1860 g/mol. The molecule has 1 aliphatic heterocycles. The Balaban J connectivity index is 0.000000279. The Bertz CT molecular complexity index is 4870. The first kappa shape index (κ1) is 105. The zero-order valence-electron chi connectivity index (χ0n) is 73.6. The van der Waals surface area contributed by atoms with Crippen LogP contribution >= 0.6 is 42.7 Å². The Morgan fingerprint density at radius 2 is 0.924 bits per heavy atom. The van der Waals surface area contributed by atoms with E-state index in [-0.39, 0.29) is 120 Å². The second-order valence-corrected chi connectivity index (χ2v) is 69.8. The Hall–Kier alpha value is -3.49. The summed E-state index contributed by atoms with van der Waals surface area (Å²) in [4.78, 5) is 29.0. The van der Waals surface area contributed by atoms with Crippen molar-refractivity contribution in [2.75, 3.05) is 13.2 Å². The van der Waals surface area contributed by atoms with E-state index in [1.807, 2.05) is 16.8 Å². The molecule has 15 nitrogen and oxygen atoms in total. The van der Waals surface area contributed by atoms with Crippen LogP contribution in [0.2, 0.25) is 89.8 Å². The van der Waals surface area contributed by atoms with Crippen LogP contribution in [-0.2, 0) is 62.3 Å².